The number of Topliss-reactive ketones (excluding diaryl/α,β-unsaturated/α-hetero) is 1. The second kappa shape index (κ2) is 7.16. The average Bonchev–Trinajstić information content (AvgIpc) is 2.67. The van der Waals surface area contributed by atoms with Crippen molar-refractivity contribution in [1.29, 1.82) is 0 Å². The molecule has 3 aromatic rings. The van der Waals surface area contributed by atoms with Crippen molar-refractivity contribution in [2.24, 2.45) is 0 Å². The van der Waals surface area contributed by atoms with E-state index in [4.69, 9.17) is 11.6 Å². The van der Waals surface area contributed by atoms with E-state index in [2.05, 4.69) is 9.88 Å². The average molecular weight is 384 g/mol. The van der Waals surface area contributed by atoms with E-state index in [1.54, 1.807) is 18.3 Å². The van der Waals surface area contributed by atoms with E-state index in [-0.39, 0.29) is 11.6 Å². The van der Waals surface area contributed by atoms with Gasteiger partial charge in [-0.05, 0) is 49.4 Å². The van der Waals surface area contributed by atoms with Crippen LogP contribution in [0.1, 0.15) is 17.3 Å². The second-order valence-corrected chi connectivity index (χ2v) is 7.12. The Balaban J connectivity index is 1.54. The van der Waals surface area contributed by atoms with Crippen LogP contribution in [0.4, 0.5) is 15.8 Å². The van der Waals surface area contributed by atoms with Crippen LogP contribution in [-0.4, -0.2) is 36.9 Å². The van der Waals surface area contributed by atoms with Gasteiger partial charge in [0, 0.05) is 54.0 Å². The van der Waals surface area contributed by atoms with Crippen LogP contribution in [-0.2, 0) is 0 Å². The highest BCUT2D eigenvalue weighted by atomic mass is 35.5. The summed E-state index contributed by atoms with van der Waals surface area (Å²) in [5.74, 6) is -0.477. The number of pyridine rings is 1. The Bertz CT molecular complexity index is 1020. The van der Waals surface area contributed by atoms with Gasteiger partial charge in [-0.1, -0.05) is 11.6 Å². The number of rotatable bonds is 3. The van der Waals surface area contributed by atoms with Crippen molar-refractivity contribution in [2.75, 3.05) is 36.0 Å². The van der Waals surface area contributed by atoms with Crippen LogP contribution in [0.3, 0.4) is 0 Å². The first-order valence-corrected chi connectivity index (χ1v) is 9.25. The van der Waals surface area contributed by atoms with Crippen LogP contribution >= 0.6 is 11.6 Å². The van der Waals surface area contributed by atoms with Crippen LogP contribution in [0.5, 0.6) is 0 Å². The molecule has 1 aliphatic rings. The molecule has 0 atom stereocenters. The van der Waals surface area contributed by atoms with Crippen molar-refractivity contribution in [1.82, 2.24) is 4.98 Å². The second-order valence-electron chi connectivity index (χ2n) is 6.69. The van der Waals surface area contributed by atoms with Crippen molar-refractivity contribution in [3.63, 3.8) is 0 Å². The molecule has 27 heavy (non-hydrogen) atoms. The summed E-state index contributed by atoms with van der Waals surface area (Å²) >= 11 is 6.07. The number of ketones is 1. The number of hydrogen-bond acceptors (Lipinski definition) is 4. The lowest BCUT2D eigenvalue weighted by atomic mass is 10.1. The van der Waals surface area contributed by atoms with Crippen LogP contribution in [0.25, 0.3) is 10.9 Å². The summed E-state index contributed by atoms with van der Waals surface area (Å²) in [6, 6.07) is 12.4. The number of benzene rings is 2. The topological polar surface area (TPSA) is 36.4 Å². The minimum atomic E-state index is -0.347. The first-order chi connectivity index (χ1) is 13.0. The van der Waals surface area contributed by atoms with E-state index in [1.165, 1.54) is 13.0 Å². The van der Waals surface area contributed by atoms with Gasteiger partial charge in [-0.15, -0.1) is 0 Å². The van der Waals surface area contributed by atoms with Crippen LogP contribution in [0, 0.1) is 5.82 Å². The first kappa shape index (κ1) is 17.7. The lowest BCUT2D eigenvalue weighted by Crippen LogP contribution is -2.46. The molecule has 1 saturated heterocycles. The molecule has 4 nitrogen and oxygen atoms in total. The fourth-order valence-electron chi connectivity index (χ4n) is 3.55. The molecule has 0 radical (unpaired) electrons. The largest absolute Gasteiger partial charge is 0.367 e. The van der Waals surface area contributed by atoms with Crippen molar-refractivity contribution in [2.45, 2.75) is 6.92 Å². The van der Waals surface area contributed by atoms with E-state index >= 15 is 0 Å². The molecule has 1 aliphatic heterocycles. The SMILES string of the molecule is CC(=O)c1ccc(N2CCN(c3ccnc4cc(Cl)ccc34)CC2)c(F)c1. The summed E-state index contributed by atoms with van der Waals surface area (Å²) in [5, 5.41) is 1.73. The van der Waals surface area contributed by atoms with Gasteiger partial charge in [-0.2, -0.15) is 0 Å². The van der Waals surface area contributed by atoms with Gasteiger partial charge in [0.05, 0.1) is 11.2 Å². The summed E-state index contributed by atoms with van der Waals surface area (Å²) in [6.45, 7) is 4.40. The van der Waals surface area contributed by atoms with Gasteiger partial charge in [-0.25, -0.2) is 4.39 Å². The minimum Gasteiger partial charge on any atom is -0.367 e. The van der Waals surface area contributed by atoms with Crippen LogP contribution < -0.4 is 9.80 Å². The predicted molar refractivity (Wildman–Crippen MR) is 108 cm³/mol. The molecule has 1 aromatic heterocycles. The highest BCUT2D eigenvalue weighted by Crippen LogP contribution is 2.29. The standard InChI is InChI=1S/C21H19ClFN3O/c1-14(27)15-2-5-21(18(23)12-15)26-10-8-25(9-11-26)20-6-7-24-19-13-16(22)3-4-17(19)20/h2-7,12-13H,8-11H2,1H3. The Labute approximate surface area is 162 Å². The zero-order chi connectivity index (χ0) is 19.0. The molecule has 0 aliphatic carbocycles. The third-order valence-corrected chi connectivity index (χ3v) is 5.23. The lowest BCUT2D eigenvalue weighted by molar-refractivity contribution is 0.101. The molecular weight excluding hydrogens is 365 g/mol. The van der Waals surface area contributed by atoms with Crippen molar-refractivity contribution in [3.05, 3.63) is 65.1 Å². The zero-order valence-electron chi connectivity index (χ0n) is 15.0. The van der Waals surface area contributed by atoms with Gasteiger partial charge in [-0.3, -0.25) is 9.78 Å². The molecule has 1 fully saturated rings. The number of piperazine rings is 1. The number of carbonyl (C=O) groups excluding carboxylic acids is 1. The van der Waals surface area contributed by atoms with Crippen LogP contribution in [0.2, 0.25) is 5.02 Å². The molecule has 0 saturated carbocycles. The maximum Gasteiger partial charge on any atom is 0.159 e. The number of nitrogens with zero attached hydrogens (tertiary/aromatic N) is 3. The summed E-state index contributed by atoms with van der Waals surface area (Å²) in [5.41, 5.74) is 2.93. The Morgan fingerprint density at radius 2 is 1.70 bits per heavy atom. The van der Waals surface area contributed by atoms with Crippen LogP contribution in [0.15, 0.2) is 48.7 Å². The fourth-order valence-corrected chi connectivity index (χ4v) is 3.72. The number of anilines is 2. The van der Waals surface area contributed by atoms with Crippen molar-refractivity contribution in [3.8, 4) is 0 Å². The first-order valence-electron chi connectivity index (χ1n) is 8.87. The Hall–Kier alpha value is -2.66. The number of carbonyl (C=O) groups is 1. The summed E-state index contributed by atoms with van der Waals surface area (Å²) in [7, 11) is 0. The summed E-state index contributed by atoms with van der Waals surface area (Å²) in [6.07, 6.45) is 1.79. The Morgan fingerprint density at radius 1 is 1.00 bits per heavy atom. The maximum atomic E-state index is 14.4. The van der Waals surface area contributed by atoms with Gasteiger partial charge >= 0.3 is 0 Å². The Morgan fingerprint density at radius 3 is 2.37 bits per heavy atom. The molecule has 2 heterocycles. The van der Waals surface area contributed by atoms with Crippen molar-refractivity contribution >= 4 is 39.7 Å². The summed E-state index contributed by atoms with van der Waals surface area (Å²) < 4.78 is 14.4. The molecule has 0 amide bonds. The van der Waals surface area contributed by atoms with Gasteiger partial charge in [0.25, 0.3) is 0 Å². The van der Waals surface area contributed by atoms with Crippen molar-refractivity contribution < 1.29 is 9.18 Å². The fraction of sp³-hybridized carbons (Fsp3) is 0.238. The number of hydrogen-bond donors (Lipinski definition) is 0. The quantitative estimate of drug-likeness (QED) is 0.621. The molecule has 0 bridgehead atoms. The number of fused-ring (bicyclic) bond motifs is 1. The smallest absolute Gasteiger partial charge is 0.159 e. The third-order valence-electron chi connectivity index (χ3n) is 5.00. The zero-order valence-corrected chi connectivity index (χ0v) is 15.7. The molecule has 0 spiro atoms. The Kier molecular flexibility index (Phi) is 4.70. The molecule has 4 rings (SSSR count). The number of halogens is 2. The maximum absolute atomic E-state index is 14.4. The lowest BCUT2D eigenvalue weighted by Gasteiger charge is -2.38. The van der Waals surface area contributed by atoms with E-state index in [0.717, 1.165) is 29.7 Å². The highest BCUT2D eigenvalue weighted by Gasteiger charge is 2.21. The number of aromatic nitrogens is 1. The monoisotopic (exact) mass is 383 g/mol. The highest BCUT2D eigenvalue weighted by molar-refractivity contribution is 6.31. The molecule has 138 valence electrons. The normalized spacial score (nSPS) is 14.6. The van der Waals surface area contributed by atoms with E-state index in [9.17, 15) is 9.18 Å². The van der Waals surface area contributed by atoms with E-state index in [1.807, 2.05) is 29.2 Å². The molecular formula is C21H19ClFN3O. The van der Waals surface area contributed by atoms with Gasteiger partial charge in [0.1, 0.15) is 5.82 Å². The van der Waals surface area contributed by atoms with E-state index in [0.29, 0.717) is 29.4 Å². The molecule has 0 unspecified atom stereocenters. The van der Waals surface area contributed by atoms with Gasteiger partial charge in [0.15, 0.2) is 5.78 Å². The summed E-state index contributed by atoms with van der Waals surface area (Å²) in [4.78, 5) is 20.1. The predicted octanol–water partition coefficient (Wildman–Crippen LogP) is 4.56. The molecule has 0 N–H and O–H groups in total. The van der Waals surface area contributed by atoms with Gasteiger partial charge in [0.2, 0.25) is 0 Å². The minimum absolute atomic E-state index is 0.130. The third kappa shape index (κ3) is 3.47. The van der Waals surface area contributed by atoms with Gasteiger partial charge < -0.3 is 9.80 Å². The molecule has 2 aromatic carbocycles. The molecule has 6 heteroatoms. The van der Waals surface area contributed by atoms with E-state index < -0.39 is 0 Å².